The minimum Gasteiger partial charge on any atom is -0.397 e. The summed E-state index contributed by atoms with van der Waals surface area (Å²) in [6, 6.07) is 8.00. The van der Waals surface area contributed by atoms with Crippen LogP contribution in [0.3, 0.4) is 0 Å². The number of nitrogens with two attached hydrogens (primary N) is 1. The SMILES string of the molecule is Cc1cc(Nc2ccnc(SCC3=CN(c4ccc(F)cc4N)CC=C3)n2)no1. The van der Waals surface area contributed by atoms with E-state index in [9.17, 15) is 4.39 Å². The van der Waals surface area contributed by atoms with Gasteiger partial charge in [0.25, 0.3) is 0 Å². The summed E-state index contributed by atoms with van der Waals surface area (Å²) in [5, 5.41) is 7.63. The van der Waals surface area contributed by atoms with Crippen LogP contribution in [0.15, 0.2) is 70.1 Å². The number of aryl methyl sites for hydroxylation is 1. The smallest absolute Gasteiger partial charge is 0.189 e. The van der Waals surface area contributed by atoms with Crippen LogP contribution in [0.2, 0.25) is 0 Å². The first-order valence-corrected chi connectivity index (χ1v) is 9.90. The van der Waals surface area contributed by atoms with Crippen LogP contribution >= 0.6 is 11.8 Å². The number of anilines is 4. The van der Waals surface area contributed by atoms with E-state index in [2.05, 4.69) is 26.5 Å². The monoisotopic (exact) mass is 410 g/mol. The zero-order valence-corrected chi connectivity index (χ0v) is 16.5. The molecule has 3 N–H and O–H groups in total. The highest BCUT2D eigenvalue weighted by atomic mass is 32.2. The predicted octanol–water partition coefficient (Wildman–Crippen LogP) is 4.29. The van der Waals surface area contributed by atoms with Gasteiger partial charge in [-0.2, -0.15) is 0 Å². The van der Waals surface area contributed by atoms with Gasteiger partial charge in [-0.25, -0.2) is 14.4 Å². The Bertz CT molecular complexity index is 1080. The highest BCUT2D eigenvalue weighted by molar-refractivity contribution is 7.99. The van der Waals surface area contributed by atoms with Crippen molar-refractivity contribution in [3.8, 4) is 0 Å². The third-order valence-electron chi connectivity index (χ3n) is 4.14. The van der Waals surface area contributed by atoms with E-state index in [1.165, 1.54) is 23.9 Å². The number of benzene rings is 1. The third-order valence-corrected chi connectivity index (χ3v) is 5.07. The maximum Gasteiger partial charge on any atom is 0.189 e. The van der Waals surface area contributed by atoms with Crippen LogP contribution in [0.1, 0.15) is 5.76 Å². The zero-order chi connectivity index (χ0) is 20.2. The molecule has 3 aromatic rings. The van der Waals surface area contributed by atoms with Gasteiger partial charge in [-0.1, -0.05) is 29.1 Å². The summed E-state index contributed by atoms with van der Waals surface area (Å²) in [7, 11) is 0. The molecule has 0 aliphatic carbocycles. The lowest BCUT2D eigenvalue weighted by Crippen LogP contribution is -2.21. The second-order valence-corrected chi connectivity index (χ2v) is 7.37. The average molecular weight is 410 g/mol. The molecule has 7 nitrogen and oxygen atoms in total. The van der Waals surface area contributed by atoms with Crippen LogP contribution < -0.4 is 16.0 Å². The van der Waals surface area contributed by atoms with Crippen LogP contribution in [-0.2, 0) is 0 Å². The number of nitrogens with one attached hydrogen (secondary N) is 1. The van der Waals surface area contributed by atoms with E-state index in [4.69, 9.17) is 10.3 Å². The maximum absolute atomic E-state index is 13.3. The molecule has 0 unspecified atom stereocenters. The van der Waals surface area contributed by atoms with Crippen molar-refractivity contribution in [2.24, 2.45) is 0 Å². The Balaban J connectivity index is 1.42. The van der Waals surface area contributed by atoms with Crippen molar-refractivity contribution in [2.75, 3.05) is 28.2 Å². The number of rotatable bonds is 6. The van der Waals surface area contributed by atoms with Gasteiger partial charge in [0.1, 0.15) is 17.4 Å². The van der Waals surface area contributed by atoms with Crippen LogP contribution in [0.25, 0.3) is 0 Å². The standard InChI is InChI=1S/C20H19FN6OS/c1-13-9-19(26-28-13)24-18-6-7-23-20(25-18)29-12-14-3-2-8-27(11-14)17-5-4-15(21)10-16(17)22/h2-7,9-11H,8,12,22H2,1H3,(H,23,24,25,26). The second kappa shape index (κ2) is 8.36. The van der Waals surface area contributed by atoms with E-state index in [1.54, 1.807) is 24.4 Å². The molecule has 2 aromatic heterocycles. The first-order chi connectivity index (χ1) is 14.1. The van der Waals surface area contributed by atoms with Crippen LogP contribution in [0.5, 0.6) is 0 Å². The molecule has 1 aliphatic rings. The van der Waals surface area contributed by atoms with E-state index >= 15 is 0 Å². The molecular weight excluding hydrogens is 391 g/mol. The molecule has 0 fully saturated rings. The van der Waals surface area contributed by atoms with Crippen molar-refractivity contribution < 1.29 is 8.91 Å². The van der Waals surface area contributed by atoms with Gasteiger partial charge in [0, 0.05) is 30.8 Å². The van der Waals surface area contributed by atoms with Crippen molar-refractivity contribution in [1.82, 2.24) is 15.1 Å². The summed E-state index contributed by atoms with van der Waals surface area (Å²) in [4.78, 5) is 10.8. The number of thioether (sulfide) groups is 1. The van der Waals surface area contributed by atoms with Crippen molar-refractivity contribution in [3.63, 3.8) is 0 Å². The zero-order valence-electron chi connectivity index (χ0n) is 15.7. The minimum atomic E-state index is -0.343. The molecule has 9 heteroatoms. The fourth-order valence-electron chi connectivity index (χ4n) is 2.84. The lowest BCUT2D eigenvalue weighted by molar-refractivity contribution is 0.400. The molecule has 0 bridgehead atoms. The highest BCUT2D eigenvalue weighted by Gasteiger charge is 2.12. The van der Waals surface area contributed by atoms with Gasteiger partial charge in [0.2, 0.25) is 0 Å². The Kier molecular flexibility index (Phi) is 5.48. The van der Waals surface area contributed by atoms with Gasteiger partial charge < -0.3 is 20.5 Å². The first-order valence-electron chi connectivity index (χ1n) is 8.92. The van der Waals surface area contributed by atoms with E-state index in [0.29, 0.717) is 34.8 Å². The number of hydrogen-bond donors (Lipinski definition) is 2. The van der Waals surface area contributed by atoms with Gasteiger partial charge in [-0.15, -0.1) is 0 Å². The van der Waals surface area contributed by atoms with Crippen LogP contribution in [0, 0.1) is 12.7 Å². The van der Waals surface area contributed by atoms with Gasteiger partial charge >= 0.3 is 0 Å². The van der Waals surface area contributed by atoms with Crippen molar-refractivity contribution in [3.05, 3.63) is 72.0 Å². The number of nitrogen functional groups attached to an aromatic ring is 1. The molecule has 4 rings (SSSR count). The minimum absolute atomic E-state index is 0.343. The molecule has 0 amide bonds. The van der Waals surface area contributed by atoms with Crippen molar-refractivity contribution >= 4 is 34.8 Å². The molecule has 3 heterocycles. The fourth-order valence-corrected chi connectivity index (χ4v) is 3.60. The molecule has 0 atom stereocenters. The second-order valence-electron chi connectivity index (χ2n) is 6.42. The fraction of sp³-hybridized carbons (Fsp3) is 0.150. The molecule has 29 heavy (non-hydrogen) atoms. The Morgan fingerprint density at radius 2 is 2.17 bits per heavy atom. The Morgan fingerprint density at radius 3 is 2.97 bits per heavy atom. The molecule has 0 saturated carbocycles. The van der Waals surface area contributed by atoms with E-state index in [0.717, 1.165) is 17.0 Å². The first kappa shape index (κ1) is 19.0. The Labute approximate surface area is 171 Å². The summed E-state index contributed by atoms with van der Waals surface area (Å²) in [6.45, 7) is 2.50. The van der Waals surface area contributed by atoms with Gasteiger partial charge in [0.05, 0.1) is 11.4 Å². The largest absolute Gasteiger partial charge is 0.397 e. The number of halogens is 1. The lowest BCUT2D eigenvalue weighted by atomic mass is 10.2. The Morgan fingerprint density at radius 1 is 1.28 bits per heavy atom. The summed E-state index contributed by atoms with van der Waals surface area (Å²) in [6.07, 6.45) is 7.81. The van der Waals surface area contributed by atoms with Crippen molar-refractivity contribution in [1.29, 1.82) is 0 Å². The molecule has 0 spiro atoms. The van der Waals surface area contributed by atoms with Gasteiger partial charge in [-0.05, 0) is 36.8 Å². The summed E-state index contributed by atoms with van der Waals surface area (Å²) < 4.78 is 18.4. The van der Waals surface area contributed by atoms with Crippen LogP contribution in [0.4, 0.5) is 27.4 Å². The van der Waals surface area contributed by atoms with Gasteiger partial charge in [0.15, 0.2) is 11.0 Å². The normalized spacial score (nSPS) is 13.4. The average Bonchev–Trinajstić information content (AvgIpc) is 3.11. The maximum atomic E-state index is 13.3. The molecule has 0 radical (unpaired) electrons. The van der Waals surface area contributed by atoms with E-state index in [1.807, 2.05) is 24.1 Å². The predicted molar refractivity (Wildman–Crippen MR) is 113 cm³/mol. The van der Waals surface area contributed by atoms with Crippen LogP contribution in [-0.4, -0.2) is 27.4 Å². The van der Waals surface area contributed by atoms with Gasteiger partial charge in [-0.3, -0.25) is 0 Å². The number of hydrogen-bond acceptors (Lipinski definition) is 8. The number of allylic oxidation sites excluding steroid dienone is 1. The number of nitrogens with zero attached hydrogens (tertiary/aromatic N) is 4. The topological polar surface area (TPSA) is 93.1 Å². The molecule has 1 aromatic carbocycles. The summed E-state index contributed by atoms with van der Waals surface area (Å²) in [5.74, 6) is 2.30. The highest BCUT2D eigenvalue weighted by Crippen LogP contribution is 2.28. The lowest BCUT2D eigenvalue weighted by Gasteiger charge is -2.24. The third kappa shape index (κ3) is 4.75. The van der Waals surface area contributed by atoms with Crippen molar-refractivity contribution in [2.45, 2.75) is 12.1 Å². The molecule has 1 aliphatic heterocycles. The van der Waals surface area contributed by atoms with E-state index < -0.39 is 0 Å². The summed E-state index contributed by atoms with van der Waals surface area (Å²) >= 11 is 1.52. The summed E-state index contributed by atoms with van der Waals surface area (Å²) in [5.41, 5.74) is 8.24. The molecule has 0 saturated heterocycles. The quantitative estimate of drug-likeness (QED) is 0.353. The van der Waals surface area contributed by atoms with E-state index in [-0.39, 0.29) is 5.82 Å². The molecule has 148 valence electrons. The molecular formula is C20H19FN6OS. The number of aromatic nitrogens is 3. The Hall–Kier alpha value is -3.33.